The highest BCUT2D eigenvalue weighted by Gasteiger charge is 2.44. The maximum atomic E-state index is 13.2. The third-order valence-corrected chi connectivity index (χ3v) is 5.97. The number of Topliss-reactive ketones (excluding diaryl/α,β-unsaturated/α-hetero) is 1. The van der Waals surface area contributed by atoms with E-state index in [-0.39, 0.29) is 29.4 Å². The fourth-order valence-corrected chi connectivity index (χ4v) is 4.62. The van der Waals surface area contributed by atoms with Crippen LogP contribution in [0.25, 0.3) is 0 Å². The van der Waals surface area contributed by atoms with E-state index in [1.807, 2.05) is 36.4 Å². The van der Waals surface area contributed by atoms with Crippen molar-refractivity contribution in [2.75, 3.05) is 4.90 Å². The van der Waals surface area contributed by atoms with Crippen LogP contribution in [0.15, 0.2) is 59.8 Å². The van der Waals surface area contributed by atoms with Crippen LogP contribution >= 0.6 is 23.2 Å². The summed E-state index contributed by atoms with van der Waals surface area (Å²) in [7, 11) is 0. The molecule has 0 spiro atoms. The molecule has 1 atom stereocenters. The molecule has 1 heterocycles. The van der Waals surface area contributed by atoms with Crippen molar-refractivity contribution < 1.29 is 9.59 Å². The molecule has 4 rings (SSSR count). The number of ketones is 1. The average molecular weight is 414 g/mol. The van der Waals surface area contributed by atoms with E-state index in [9.17, 15) is 9.59 Å². The van der Waals surface area contributed by atoms with E-state index in [0.717, 1.165) is 16.8 Å². The Morgan fingerprint density at radius 3 is 2.36 bits per heavy atom. The highest BCUT2D eigenvalue weighted by molar-refractivity contribution is 6.31. The fourth-order valence-electron chi connectivity index (χ4n) is 4.31. The molecule has 0 bridgehead atoms. The molecule has 0 fully saturated rings. The number of amides is 1. The van der Waals surface area contributed by atoms with Gasteiger partial charge in [-0.05, 0) is 47.7 Å². The second kappa shape index (κ2) is 7.06. The Morgan fingerprint density at radius 2 is 1.68 bits per heavy atom. The first-order chi connectivity index (χ1) is 13.2. The van der Waals surface area contributed by atoms with Gasteiger partial charge in [-0.2, -0.15) is 0 Å². The maximum Gasteiger partial charge on any atom is 0.232 e. The van der Waals surface area contributed by atoms with Crippen LogP contribution in [-0.4, -0.2) is 11.7 Å². The van der Waals surface area contributed by atoms with E-state index in [2.05, 4.69) is 13.8 Å². The van der Waals surface area contributed by atoms with Crippen LogP contribution in [0.1, 0.15) is 44.6 Å². The van der Waals surface area contributed by atoms with Crippen LogP contribution < -0.4 is 4.90 Å². The molecule has 2 aromatic rings. The molecule has 0 saturated heterocycles. The summed E-state index contributed by atoms with van der Waals surface area (Å²) >= 11 is 12.2. The van der Waals surface area contributed by atoms with Crippen molar-refractivity contribution in [3.63, 3.8) is 0 Å². The van der Waals surface area contributed by atoms with Gasteiger partial charge in [0.1, 0.15) is 0 Å². The molecule has 0 saturated carbocycles. The molecule has 0 aromatic heterocycles. The summed E-state index contributed by atoms with van der Waals surface area (Å²) in [6, 6.07) is 14.7. The lowest BCUT2D eigenvalue weighted by molar-refractivity contribution is -0.121. The topological polar surface area (TPSA) is 37.4 Å². The third-order valence-electron chi connectivity index (χ3n) is 5.48. The van der Waals surface area contributed by atoms with Gasteiger partial charge in [-0.3, -0.25) is 14.5 Å². The van der Waals surface area contributed by atoms with Gasteiger partial charge in [-0.25, -0.2) is 0 Å². The summed E-state index contributed by atoms with van der Waals surface area (Å²) in [6.07, 6.45) is 1.39. The molecule has 0 N–H and O–H groups in total. The molecule has 0 radical (unpaired) electrons. The maximum absolute atomic E-state index is 13.2. The van der Waals surface area contributed by atoms with Gasteiger partial charge in [-0.1, -0.05) is 55.2 Å². The molecule has 5 heteroatoms. The Labute approximate surface area is 174 Å². The van der Waals surface area contributed by atoms with Crippen LogP contribution in [0, 0.1) is 5.41 Å². The Morgan fingerprint density at radius 1 is 0.964 bits per heavy atom. The zero-order valence-electron chi connectivity index (χ0n) is 15.8. The number of hydrogen-bond donors (Lipinski definition) is 0. The largest absolute Gasteiger partial charge is 0.294 e. The summed E-state index contributed by atoms with van der Waals surface area (Å²) in [4.78, 5) is 28.1. The zero-order chi connectivity index (χ0) is 20.1. The number of anilines is 1. The minimum absolute atomic E-state index is 0.0218. The van der Waals surface area contributed by atoms with E-state index < -0.39 is 0 Å². The monoisotopic (exact) mass is 413 g/mol. The summed E-state index contributed by atoms with van der Waals surface area (Å²) in [6.45, 7) is 4.14. The molecule has 1 amide bonds. The molecule has 2 aromatic carbocycles. The van der Waals surface area contributed by atoms with Crippen molar-refractivity contribution in [3.8, 4) is 0 Å². The number of benzene rings is 2. The van der Waals surface area contributed by atoms with E-state index in [1.165, 1.54) is 0 Å². The van der Waals surface area contributed by atoms with Gasteiger partial charge in [0.15, 0.2) is 5.78 Å². The van der Waals surface area contributed by atoms with Crippen LogP contribution in [0.5, 0.6) is 0 Å². The van der Waals surface area contributed by atoms with Gasteiger partial charge < -0.3 is 0 Å². The fraction of sp³-hybridized carbons (Fsp3) is 0.304. The van der Waals surface area contributed by atoms with E-state index in [1.54, 1.807) is 17.0 Å². The smallest absolute Gasteiger partial charge is 0.232 e. The lowest BCUT2D eigenvalue weighted by Crippen LogP contribution is -2.43. The Hall–Kier alpha value is -2.10. The van der Waals surface area contributed by atoms with Crippen molar-refractivity contribution >= 4 is 40.6 Å². The van der Waals surface area contributed by atoms with Crippen molar-refractivity contribution in [2.24, 2.45) is 5.41 Å². The number of nitrogens with zero attached hydrogens (tertiary/aromatic N) is 1. The summed E-state index contributed by atoms with van der Waals surface area (Å²) in [5.74, 6) is -0.143. The molecule has 2 aliphatic rings. The number of carbonyl (C=O) groups excluding carboxylic acids is 2. The van der Waals surface area contributed by atoms with E-state index in [0.29, 0.717) is 28.6 Å². The SMILES string of the molecule is CC1(C)CC(=O)C2=C(C1)N(c1cccc(Cl)c1)C(=O)CC2c1ccc(Cl)cc1. The zero-order valence-corrected chi connectivity index (χ0v) is 17.3. The third kappa shape index (κ3) is 3.49. The predicted octanol–water partition coefficient (Wildman–Crippen LogP) is 6.16. The first kappa shape index (κ1) is 19.2. The predicted molar refractivity (Wildman–Crippen MR) is 113 cm³/mol. The van der Waals surface area contributed by atoms with Gasteiger partial charge in [0.05, 0.1) is 5.69 Å². The van der Waals surface area contributed by atoms with Crippen molar-refractivity contribution in [3.05, 3.63) is 75.4 Å². The molecule has 144 valence electrons. The molecule has 1 aliphatic carbocycles. The normalized spacial score (nSPS) is 21.7. The molecule has 1 unspecified atom stereocenters. The lowest BCUT2D eigenvalue weighted by Gasteiger charge is -2.43. The van der Waals surface area contributed by atoms with Crippen molar-refractivity contribution in [1.29, 1.82) is 0 Å². The quantitative estimate of drug-likeness (QED) is 0.591. The summed E-state index contributed by atoms with van der Waals surface area (Å²) in [5, 5.41) is 1.20. The molecule has 1 aliphatic heterocycles. The van der Waals surface area contributed by atoms with Crippen LogP contribution in [0.4, 0.5) is 5.69 Å². The number of hydrogen-bond acceptors (Lipinski definition) is 2. The Balaban J connectivity index is 1.89. The summed E-state index contributed by atoms with van der Waals surface area (Å²) < 4.78 is 0. The van der Waals surface area contributed by atoms with Gasteiger partial charge in [0.2, 0.25) is 5.91 Å². The number of rotatable bonds is 2. The Kier molecular flexibility index (Phi) is 4.84. The number of carbonyl (C=O) groups is 2. The standard InChI is InChI=1S/C23H21Cl2NO2/c1-23(2)12-19-22(20(27)13-23)18(14-6-8-15(24)9-7-14)11-21(28)26(19)17-5-3-4-16(25)10-17/h3-10,18H,11-13H2,1-2H3. The van der Waals surface area contributed by atoms with Crippen LogP contribution in [0.3, 0.4) is 0 Å². The van der Waals surface area contributed by atoms with Gasteiger partial charge in [-0.15, -0.1) is 0 Å². The Bertz CT molecular complexity index is 992. The number of halogens is 2. The first-order valence-electron chi connectivity index (χ1n) is 9.35. The van der Waals surface area contributed by atoms with Crippen molar-refractivity contribution in [2.45, 2.75) is 39.0 Å². The van der Waals surface area contributed by atoms with E-state index in [4.69, 9.17) is 23.2 Å². The minimum atomic E-state index is -0.237. The second-order valence-corrected chi connectivity index (χ2v) is 9.19. The summed E-state index contributed by atoms with van der Waals surface area (Å²) in [5.41, 5.74) is 3.02. The number of allylic oxidation sites excluding steroid dienone is 2. The van der Waals surface area contributed by atoms with Crippen LogP contribution in [-0.2, 0) is 9.59 Å². The van der Waals surface area contributed by atoms with E-state index >= 15 is 0 Å². The minimum Gasteiger partial charge on any atom is -0.294 e. The first-order valence-corrected chi connectivity index (χ1v) is 10.1. The molecular weight excluding hydrogens is 393 g/mol. The highest BCUT2D eigenvalue weighted by atomic mass is 35.5. The molecule has 28 heavy (non-hydrogen) atoms. The van der Waals surface area contributed by atoms with Crippen LogP contribution in [0.2, 0.25) is 10.0 Å². The second-order valence-electron chi connectivity index (χ2n) is 8.32. The van der Waals surface area contributed by atoms with Gasteiger partial charge in [0.25, 0.3) is 0 Å². The highest BCUT2D eigenvalue weighted by Crippen LogP contribution is 2.48. The molecular formula is C23H21Cl2NO2. The van der Waals surface area contributed by atoms with Gasteiger partial charge in [0, 0.05) is 40.1 Å². The van der Waals surface area contributed by atoms with Gasteiger partial charge >= 0.3 is 0 Å². The molecule has 3 nitrogen and oxygen atoms in total. The lowest BCUT2D eigenvalue weighted by atomic mass is 9.69. The average Bonchev–Trinajstić information content (AvgIpc) is 2.60. The van der Waals surface area contributed by atoms with Crippen molar-refractivity contribution in [1.82, 2.24) is 0 Å².